The van der Waals surface area contributed by atoms with Crippen molar-refractivity contribution in [3.8, 4) is 17.3 Å². The van der Waals surface area contributed by atoms with Crippen molar-refractivity contribution >= 4 is 23.2 Å². The van der Waals surface area contributed by atoms with E-state index in [1.165, 1.54) is 18.2 Å². The normalized spacial score (nSPS) is 14.5. The summed E-state index contributed by atoms with van der Waals surface area (Å²) in [5, 5.41) is 6.17. The first-order valence-corrected chi connectivity index (χ1v) is 12.2. The summed E-state index contributed by atoms with van der Waals surface area (Å²) in [6.07, 6.45) is 1.77. The summed E-state index contributed by atoms with van der Waals surface area (Å²) in [4.78, 5) is 26.9. The van der Waals surface area contributed by atoms with Gasteiger partial charge in [-0.25, -0.2) is 23.7 Å². The Bertz CT molecular complexity index is 1550. The number of pyridine rings is 1. The molecule has 9 nitrogen and oxygen atoms in total. The molecule has 0 saturated heterocycles. The number of nitrogens with two attached hydrogens (primary N) is 1. The third-order valence-corrected chi connectivity index (χ3v) is 6.48. The maximum absolute atomic E-state index is 14.1. The average Bonchev–Trinajstić information content (AvgIpc) is 3.29. The number of nitrogens with one attached hydrogen (secondary N) is 2. The van der Waals surface area contributed by atoms with Crippen LogP contribution in [0.3, 0.4) is 0 Å². The zero-order valence-corrected chi connectivity index (χ0v) is 21.8. The van der Waals surface area contributed by atoms with E-state index in [0.29, 0.717) is 52.4 Å². The molecule has 1 aliphatic rings. The highest BCUT2D eigenvalue weighted by atomic mass is 19.1. The van der Waals surface area contributed by atoms with Crippen LogP contribution in [0.15, 0.2) is 36.5 Å². The Balaban J connectivity index is 1.58. The second kappa shape index (κ2) is 9.02. The predicted octanol–water partition coefficient (Wildman–Crippen LogP) is 4.34. The maximum atomic E-state index is 14.1. The highest BCUT2D eigenvalue weighted by Crippen LogP contribution is 2.42. The number of hydrogen-bond donors (Lipinski definition) is 3. The minimum absolute atomic E-state index is 0.170. The van der Waals surface area contributed by atoms with Crippen LogP contribution < -0.4 is 21.1 Å². The quantitative estimate of drug-likeness (QED) is 0.331. The first kappa shape index (κ1) is 25.5. The topological polar surface area (TPSA) is 119 Å². The molecule has 0 atom stereocenters. The summed E-state index contributed by atoms with van der Waals surface area (Å²) < 4.78 is 35.8. The molecule has 0 spiro atoms. The molecule has 0 aliphatic carbocycles. The van der Waals surface area contributed by atoms with Gasteiger partial charge in [-0.2, -0.15) is 0 Å². The molecular weight excluding hydrogens is 492 g/mol. The molecule has 0 bridgehead atoms. The second-order valence-corrected chi connectivity index (χ2v) is 10.6. The largest absolute Gasteiger partial charge is 0.485 e. The van der Waals surface area contributed by atoms with Crippen LogP contribution in [0.4, 0.5) is 20.4 Å². The van der Waals surface area contributed by atoms with Gasteiger partial charge in [-0.3, -0.25) is 9.20 Å². The average molecular weight is 522 g/mol. The van der Waals surface area contributed by atoms with Crippen LogP contribution in [0.2, 0.25) is 0 Å². The molecule has 0 fully saturated rings. The van der Waals surface area contributed by atoms with E-state index in [0.717, 1.165) is 0 Å². The zero-order chi connectivity index (χ0) is 27.4. The first-order valence-electron chi connectivity index (χ1n) is 12.2. The standard InChI is InChI=1S/C27H29F2N7O2/c1-14-20(23-33-21(31-13-26(2,3)30)19-22(34-23)35-25(37)27(19,4)5)36-11-7-10-18(24(36)32-14)38-12-15-16(28)8-6-9-17(15)29/h6-11H,12-13,30H2,1-5H3,(H2,31,33,34,35,37). The SMILES string of the molecule is Cc1nc2c(OCc3c(F)cccc3F)cccn2c1-c1nc(NCC(C)(C)N)c2c(n1)NC(=O)C2(C)C. The molecule has 4 heterocycles. The van der Waals surface area contributed by atoms with Gasteiger partial charge in [0, 0.05) is 18.3 Å². The highest BCUT2D eigenvalue weighted by Gasteiger charge is 2.43. The number of rotatable bonds is 7. The first-order chi connectivity index (χ1) is 17.9. The van der Waals surface area contributed by atoms with E-state index in [1.54, 1.807) is 29.7 Å². The molecule has 11 heteroatoms. The fourth-order valence-electron chi connectivity index (χ4n) is 4.42. The van der Waals surface area contributed by atoms with E-state index < -0.39 is 22.6 Å². The van der Waals surface area contributed by atoms with Crippen LogP contribution >= 0.6 is 0 Å². The van der Waals surface area contributed by atoms with E-state index in [-0.39, 0.29) is 18.1 Å². The van der Waals surface area contributed by atoms with Gasteiger partial charge in [-0.15, -0.1) is 0 Å². The molecule has 1 aliphatic heterocycles. The summed E-state index contributed by atoms with van der Waals surface area (Å²) in [5.74, 6) is 0.0381. The molecule has 0 radical (unpaired) electrons. The summed E-state index contributed by atoms with van der Waals surface area (Å²) in [5.41, 5.74) is 6.94. The van der Waals surface area contributed by atoms with Gasteiger partial charge in [-0.05, 0) is 58.9 Å². The summed E-state index contributed by atoms with van der Waals surface area (Å²) >= 11 is 0. The summed E-state index contributed by atoms with van der Waals surface area (Å²) in [7, 11) is 0. The molecule has 38 heavy (non-hydrogen) atoms. The van der Waals surface area contributed by atoms with Crippen molar-refractivity contribution < 1.29 is 18.3 Å². The van der Waals surface area contributed by atoms with Gasteiger partial charge in [0.2, 0.25) is 5.91 Å². The van der Waals surface area contributed by atoms with E-state index in [1.807, 2.05) is 27.7 Å². The Morgan fingerprint density at radius 2 is 1.84 bits per heavy atom. The number of ether oxygens (including phenoxy) is 1. The van der Waals surface area contributed by atoms with E-state index in [4.69, 9.17) is 15.5 Å². The van der Waals surface area contributed by atoms with Gasteiger partial charge in [0.25, 0.3) is 0 Å². The molecular formula is C27H29F2N7O2. The van der Waals surface area contributed by atoms with Crippen LogP contribution in [0.5, 0.6) is 5.75 Å². The van der Waals surface area contributed by atoms with Crippen LogP contribution in [0, 0.1) is 18.6 Å². The van der Waals surface area contributed by atoms with Crippen molar-refractivity contribution in [2.24, 2.45) is 5.73 Å². The Morgan fingerprint density at radius 3 is 2.53 bits per heavy atom. The minimum atomic E-state index is -0.841. The minimum Gasteiger partial charge on any atom is -0.485 e. The number of aryl methyl sites for hydroxylation is 1. The van der Waals surface area contributed by atoms with Crippen LogP contribution in [-0.2, 0) is 16.8 Å². The molecule has 4 aromatic rings. The Morgan fingerprint density at radius 1 is 1.13 bits per heavy atom. The lowest BCUT2D eigenvalue weighted by atomic mass is 9.87. The maximum Gasteiger partial charge on any atom is 0.235 e. The number of aromatic nitrogens is 4. The van der Waals surface area contributed by atoms with E-state index >= 15 is 0 Å². The number of carbonyl (C=O) groups is 1. The number of halogens is 2. The summed E-state index contributed by atoms with van der Waals surface area (Å²) in [6.45, 7) is 9.32. The fourth-order valence-corrected chi connectivity index (χ4v) is 4.42. The number of anilines is 2. The molecule has 1 aromatic carbocycles. The molecule has 198 valence electrons. The Labute approximate surface area is 218 Å². The molecule has 0 saturated carbocycles. The lowest BCUT2D eigenvalue weighted by Gasteiger charge is -2.23. The Kier molecular flexibility index (Phi) is 6.06. The molecule has 0 unspecified atom stereocenters. The Hall–Kier alpha value is -4.12. The number of fused-ring (bicyclic) bond motifs is 2. The second-order valence-electron chi connectivity index (χ2n) is 10.6. The van der Waals surface area contributed by atoms with E-state index in [2.05, 4.69) is 20.6 Å². The molecule has 4 N–H and O–H groups in total. The number of amides is 1. The van der Waals surface area contributed by atoms with Gasteiger partial charge >= 0.3 is 0 Å². The number of imidazole rings is 1. The van der Waals surface area contributed by atoms with Crippen molar-refractivity contribution in [1.82, 2.24) is 19.4 Å². The zero-order valence-electron chi connectivity index (χ0n) is 21.8. The van der Waals surface area contributed by atoms with Gasteiger partial charge in [0.05, 0.1) is 22.2 Å². The fraction of sp³-hybridized carbons (Fsp3) is 0.333. The highest BCUT2D eigenvalue weighted by molar-refractivity contribution is 6.06. The van der Waals surface area contributed by atoms with Crippen LogP contribution in [0.25, 0.3) is 17.2 Å². The van der Waals surface area contributed by atoms with Gasteiger partial charge < -0.3 is 21.1 Å². The number of benzene rings is 1. The van der Waals surface area contributed by atoms with Crippen molar-refractivity contribution in [3.05, 3.63) is 65.0 Å². The molecule has 1 amide bonds. The summed E-state index contributed by atoms with van der Waals surface area (Å²) in [6, 6.07) is 7.08. The monoisotopic (exact) mass is 521 g/mol. The lowest BCUT2D eigenvalue weighted by Crippen LogP contribution is -2.40. The predicted molar refractivity (Wildman–Crippen MR) is 140 cm³/mol. The van der Waals surface area contributed by atoms with Gasteiger partial charge in [0.15, 0.2) is 17.2 Å². The van der Waals surface area contributed by atoms with Crippen molar-refractivity contribution in [1.29, 1.82) is 0 Å². The van der Waals surface area contributed by atoms with Gasteiger partial charge in [-0.1, -0.05) is 6.07 Å². The lowest BCUT2D eigenvalue weighted by molar-refractivity contribution is -0.119. The number of carbonyl (C=O) groups excluding carboxylic acids is 1. The van der Waals surface area contributed by atoms with Crippen molar-refractivity contribution in [2.45, 2.75) is 52.2 Å². The third kappa shape index (κ3) is 4.43. The van der Waals surface area contributed by atoms with Crippen LogP contribution in [0.1, 0.15) is 44.5 Å². The van der Waals surface area contributed by atoms with Crippen LogP contribution in [-0.4, -0.2) is 37.3 Å². The number of hydrogen-bond acceptors (Lipinski definition) is 7. The van der Waals surface area contributed by atoms with Gasteiger partial charge in [0.1, 0.15) is 35.6 Å². The van der Waals surface area contributed by atoms with Crippen molar-refractivity contribution in [2.75, 3.05) is 17.2 Å². The molecule has 5 rings (SSSR count). The van der Waals surface area contributed by atoms with E-state index in [9.17, 15) is 13.6 Å². The number of nitrogens with zero attached hydrogens (tertiary/aromatic N) is 4. The van der Waals surface area contributed by atoms with Crippen molar-refractivity contribution in [3.63, 3.8) is 0 Å². The third-order valence-electron chi connectivity index (χ3n) is 6.48. The molecule has 3 aromatic heterocycles. The smallest absolute Gasteiger partial charge is 0.235 e.